The van der Waals surface area contributed by atoms with Gasteiger partial charge in [0.2, 0.25) is 0 Å². The van der Waals surface area contributed by atoms with Crippen LogP contribution in [-0.2, 0) is 19.0 Å². The number of ether oxygens (including phenoxy) is 1. The van der Waals surface area contributed by atoms with Crippen molar-refractivity contribution < 1.29 is 17.3 Å². The van der Waals surface area contributed by atoms with E-state index in [9.17, 15) is 8.42 Å². The van der Waals surface area contributed by atoms with E-state index in [1.165, 1.54) is 0 Å². The number of rotatable bonds is 3. The van der Waals surface area contributed by atoms with Crippen molar-refractivity contribution in [1.82, 2.24) is 4.90 Å². The lowest BCUT2D eigenvalue weighted by Crippen LogP contribution is -2.46. The first kappa shape index (κ1) is 12.3. The summed E-state index contributed by atoms with van der Waals surface area (Å²) in [4.78, 5) is 2.30. The van der Waals surface area contributed by atoms with E-state index in [0.717, 1.165) is 45.3 Å². The van der Waals surface area contributed by atoms with Crippen LogP contribution in [-0.4, -0.2) is 58.0 Å². The molecule has 2 heterocycles. The van der Waals surface area contributed by atoms with Gasteiger partial charge < -0.3 is 4.74 Å². The van der Waals surface area contributed by atoms with E-state index in [1.807, 2.05) is 0 Å². The van der Waals surface area contributed by atoms with Crippen molar-refractivity contribution in [2.24, 2.45) is 0 Å². The minimum atomic E-state index is -3.33. The van der Waals surface area contributed by atoms with Crippen molar-refractivity contribution >= 4 is 10.1 Å². The highest BCUT2D eigenvalue weighted by molar-refractivity contribution is 7.86. The maximum atomic E-state index is 11.1. The number of piperidine rings is 1. The Balaban J connectivity index is 1.88. The lowest BCUT2D eigenvalue weighted by Gasteiger charge is -2.35. The Morgan fingerprint density at radius 3 is 2.81 bits per heavy atom. The molecular formula is C10H19NO4S. The van der Waals surface area contributed by atoms with E-state index >= 15 is 0 Å². The van der Waals surface area contributed by atoms with Crippen LogP contribution in [0, 0.1) is 0 Å². The van der Waals surface area contributed by atoms with Crippen molar-refractivity contribution in [2.45, 2.75) is 31.4 Å². The second-order valence-corrected chi connectivity index (χ2v) is 6.18. The average molecular weight is 249 g/mol. The maximum Gasteiger partial charge on any atom is 0.264 e. The molecule has 2 fully saturated rings. The number of nitrogens with zero attached hydrogens (tertiary/aromatic N) is 1. The molecule has 0 aliphatic carbocycles. The van der Waals surface area contributed by atoms with Crippen LogP contribution in [0.1, 0.15) is 19.3 Å². The van der Waals surface area contributed by atoms with Crippen LogP contribution in [0.3, 0.4) is 0 Å². The quantitative estimate of drug-likeness (QED) is 0.670. The molecule has 2 saturated heterocycles. The molecule has 5 nitrogen and oxygen atoms in total. The second kappa shape index (κ2) is 5.00. The molecule has 0 spiro atoms. The fourth-order valence-corrected chi connectivity index (χ4v) is 3.09. The standard InChI is InChI=1S/C10H19NO4S/c1-16(12,13)15-10-3-2-5-11(7-10)9-4-6-14-8-9/h9-10H,2-8H2,1H3. The van der Waals surface area contributed by atoms with Gasteiger partial charge in [-0.05, 0) is 25.8 Å². The van der Waals surface area contributed by atoms with Gasteiger partial charge in [-0.25, -0.2) is 0 Å². The Morgan fingerprint density at radius 2 is 2.19 bits per heavy atom. The third-order valence-corrected chi connectivity index (χ3v) is 3.76. The Labute approximate surface area is 96.8 Å². The van der Waals surface area contributed by atoms with Gasteiger partial charge in [-0.3, -0.25) is 9.08 Å². The third-order valence-electron chi connectivity index (χ3n) is 3.14. The van der Waals surface area contributed by atoms with Gasteiger partial charge in [0.25, 0.3) is 10.1 Å². The molecule has 16 heavy (non-hydrogen) atoms. The molecule has 6 heteroatoms. The zero-order valence-corrected chi connectivity index (χ0v) is 10.4. The number of hydrogen-bond donors (Lipinski definition) is 0. The number of likely N-dealkylation sites (tertiary alicyclic amines) is 1. The lowest BCUT2D eigenvalue weighted by molar-refractivity contribution is 0.0595. The van der Waals surface area contributed by atoms with E-state index in [2.05, 4.69) is 4.90 Å². The van der Waals surface area contributed by atoms with Gasteiger partial charge >= 0.3 is 0 Å². The Hall–Kier alpha value is -0.170. The average Bonchev–Trinajstić information content (AvgIpc) is 2.68. The van der Waals surface area contributed by atoms with Crippen LogP contribution >= 0.6 is 0 Å². The summed E-state index contributed by atoms with van der Waals surface area (Å²) in [6.07, 6.45) is 3.81. The van der Waals surface area contributed by atoms with Crippen molar-refractivity contribution in [2.75, 3.05) is 32.6 Å². The predicted molar refractivity (Wildman–Crippen MR) is 59.7 cm³/mol. The lowest BCUT2D eigenvalue weighted by atomic mass is 10.1. The number of hydrogen-bond acceptors (Lipinski definition) is 5. The van der Waals surface area contributed by atoms with Gasteiger partial charge in [0.1, 0.15) is 0 Å². The largest absolute Gasteiger partial charge is 0.380 e. The summed E-state index contributed by atoms with van der Waals surface area (Å²) < 4.78 is 32.5. The molecule has 94 valence electrons. The molecule has 2 aliphatic heterocycles. The first-order valence-corrected chi connectivity index (χ1v) is 7.56. The fourth-order valence-electron chi connectivity index (χ4n) is 2.43. The Morgan fingerprint density at radius 1 is 1.38 bits per heavy atom. The third kappa shape index (κ3) is 3.41. The summed E-state index contributed by atoms with van der Waals surface area (Å²) in [7, 11) is -3.33. The van der Waals surface area contributed by atoms with Gasteiger partial charge in [0, 0.05) is 19.2 Å². The molecule has 2 rings (SSSR count). The van der Waals surface area contributed by atoms with Crippen molar-refractivity contribution in [1.29, 1.82) is 0 Å². The highest BCUT2D eigenvalue weighted by atomic mass is 32.2. The smallest absolute Gasteiger partial charge is 0.264 e. The zero-order chi connectivity index (χ0) is 11.6. The van der Waals surface area contributed by atoms with Gasteiger partial charge in [0.05, 0.1) is 19.0 Å². The van der Waals surface area contributed by atoms with Crippen LogP contribution < -0.4 is 0 Å². The summed E-state index contributed by atoms with van der Waals surface area (Å²) in [5, 5.41) is 0. The molecule has 2 atom stereocenters. The fraction of sp³-hybridized carbons (Fsp3) is 1.00. The highest BCUT2D eigenvalue weighted by Gasteiger charge is 2.30. The van der Waals surface area contributed by atoms with Crippen molar-refractivity contribution in [3.05, 3.63) is 0 Å². The SMILES string of the molecule is CS(=O)(=O)OC1CCCN(C2CCOC2)C1. The topological polar surface area (TPSA) is 55.8 Å². The summed E-state index contributed by atoms with van der Waals surface area (Å²) in [5.74, 6) is 0. The van der Waals surface area contributed by atoms with Crippen LogP contribution in [0.25, 0.3) is 0 Å². The molecule has 0 amide bonds. The normalized spacial score (nSPS) is 33.1. The van der Waals surface area contributed by atoms with Crippen LogP contribution in [0.2, 0.25) is 0 Å². The monoisotopic (exact) mass is 249 g/mol. The van der Waals surface area contributed by atoms with E-state index in [1.54, 1.807) is 0 Å². The molecule has 0 radical (unpaired) electrons. The summed E-state index contributed by atoms with van der Waals surface area (Å²) >= 11 is 0. The van der Waals surface area contributed by atoms with Crippen molar-refractivity contribution in [3.8, 4) is 0 Å². The second-order valence-electron chi connectivity index (χ2n) is 4.58. The van der Waals surface area contributed by atoms with Crippen LogP contribution in [0.5, 0.6) is 0 Å². The molecule has 0 aromatic carbocycles. The first-order chi connectivity index (χ1) is 7.54. The van der Waals surface area contributed by atoms with Gasteiger partial charge in [-0.1, -0.05) is 0 Å². The minimum Gasteiger partial charge on any atom is -0.380 e. The van der Waals surface area contributed by atoms with E-state index in [-0.39, 0.29) is 6.10 Å². The van der Waals surface area contributed by atoms with Gasteiger partial charge in [0.15, 0.2) is 0 Å². The first-order valence-electron chi connectivity index (χ1n) is 5.74. The molecular weight excluding hydrogens is 230 g/mol. The van der Waals surface area contributed by atoms with E-state index in [0.29, 0.717) is 12.6 Å². The summed E-state index contributed by atoms with van der Waals surface area (Å²) in [6, 6.07) is 0.450. The predicted octanol–water partition coefficient (Wildman–Crippen LogP) is 0.216. The van der Waals surface area contributed by atoms with Crippen molar-refractivity contribution in [3.63, 3.8) is 0 Å². The molecule has 0 aromatic rings. The highest BCUT2D eigenvalue weighted by Crippen LogP contribution is 2.20. The van der Waals surface area contributed by atoms with Crippen LogP contribution in [0.15, 0.2) is 0 Å². The molecule has 0 N–H and O–H groups in total. The molecule has 2 unspecified atom stereocenters. The summed E-state index contributed by atoms with van der Waals surface area (Å²) in [5.41, 5.74) is 0. The van der Waals surface area contributed by atoms with E-state index in [4.69, 9.17) is 8.92 Å². The van der Waals surface area contributed by atoms with Gasteiger partial charge in [-0.15, -0.1) is 0 Å². The minimum absolute atomic E-state index is 0.177. The van der Waals surface area contributed by atoms with E-state index < -0.39 is 10.1 Å². The summed E-state index contributed by atoms with van der Waals surface area (Å²) in [6.45, 7) is 3.32. The molecule has 0 bridgehead atoms. The molecule has 0 saturated carbocycles. The Bertz CT molecular complexity index is 324. The molecule has 2 aliphatic rings. The van der Waals surface area contributed by atoms with Crippen LogP contribution in [0.4, 0.5) is 0 Å². The zero-order valence-electron chi connectivity index (χ0n) is 9.59. The molecule has 0 aromatic heterocycles. The van der Waals surface area contributed by atoms with Gasteiger partial charge in [-0.2, -0.15) is 8.42 Å². The maximum absolute atomic E-state index is 11.1. The Kier molecular flexibility index (Phi) is 3.84.